The van der Waals surface area contributed by atoms with Gasteiger partial charge in [0.2, 0.25) is 5.95 Å². The topological polar surface area (TPSA) is 69.6 Å². The van der Waals surface area contributed by atoms with Crippen LogP contribution in [0, 0.1) is 0 Å². The van der Waals surface area contributed by atoms with Crippen LogP contribution < -0.4 is 5.73 Å². The maximum absolute atomic E-state index is 5.74. The van der Waals surface area contributed by atoms with E-state index in [2.05, 4.69) is 46.3 Å². The molecule has 1 aromatic carbocycles. The predicted molar refractivity (Wildman–Crippen MR) is 82.0 cm³/mol. The molecule has 5 heteroatoms. The lowest BCUT2D eigenvalue weighted by Gasteiger charge is -2.30. The van der Waals surface area contributed by atoms with Gasteiger partial charge in [-0.3, -0.25) is 4.98 Å². The molecule has 2 atom stereocenters. The molecule has 0 saturated carbocycles. The lowest BCUT2D eigenvalue weighted by Crippen LogP contribution is -2.24. The van der Waals surface area contributed by atoms with Crippen LogP contribution in [-0.2, 0) is 6.42 Å². The summed E-state index contributed by atoms with van der Waals surface area (Å²) in [5.74, 6) is 1.75. The molecule has 106 valence electrons. The summed E-state index contributed by atoms with van der Waals surface area (Å²) in [6, 6.07) is 10.7. The molecule has 4 rings (SSSR count). The zero-order valence-corrected chi connectivity index (χ0v) is 11.9. The molecule has 1 aliphatic rings. The third-order valence-corrected chi connectivity index (χ3v) is 4.43. The molecule has 3 aromatic rings. The molecule has 0 aliphatic carbocycles. The second-order valence-electron chi connectivity index (χ2n) is 5.64. The highest BCUT2D eigenvalue weighted by atomic mass is 15.4. The van der Waals surface area contributed by atoms with Crippen molar-refractivity contribution < 1.29 is 0 Å². The Balaban J connectivity index is 1.83. The van der Waals surface area contributed by atoms with E-state index in [1.807, 2.05) is 16.9 Å². The number of aryl methyl sites for hydroxylation is 1. The average molecular weight is 279 g/mol. The molecule has 0 amide bonds. The monoisotopic (exact) mass is 279 g/mol. The SMILES string of the molecule is CC1C(c2cccc3cccnc23)CCc2nc(N)nn21. The summed E-state index contributed by atoms with van der Waals surface area (Å²) in [5, 5.41) is 5.54. The minimum absolute atomic E-state index is 0.242. The fraction of sp³-hybridized carbons (Fsp3) is 0.312. The Hall–Kier alpha value is -2.43. The van der Waals surface area contributed by atoms with Crippen LogP contribution in [0.5, 0.6) is 0 Å². The Kier molecular flexibility index (Phi) is 2.67. The molecule has 0 radical (unpaired) electrons. The number of nitrogens with two attached hydrogens (primary N) is 1. The first kappa shape index (κ1) is 12.3. The van der Waals surface area contributed by atoms with E-state index in [4.69, 9.17) is 5.73 Å². The summed E-state index contributed by atoms with van der Waals surface area (Å²) in [6.07, 6.45) is 3.82. The van der Waals surface area contributed by atoms with E-state index in [1.165, 1.54) is 10.9 Å². The highest BCUT2D eigenvalue weighted by molar-refractivity contribution is 5.82. The summed E-state index contributed by atoms with van der Waals surface area (Å²) >= 11 is 0. The van der Waals surface area contributed by atoms with Crippen LogP contribution in [0.4, 0.5) is 5.95 Å². The number of nitrogens with zero attached hydrogens (tertiary/aromatic N) is 4. The van der Waals surface area contributed by atoms with Gasteiger partial charge in [-0.2, -0.15) is 4.98 Å². The number of hydrogen-bond donors (Lipinski definition) is 1. The van der Waals surface area contributed by atoms with E-state index in [0.717, 1.165) is 24.2 Å². The first-order chi connectivity index (χ1) is 10.2. The first-order valence-electron chi connectivity index (χ1n) is 7.28. The van der Waals surface area contributed by atoms with Crippen LogP contribution in [0.1, 0.15) is 36.7 Å². The van der Waals surface area contributed by atoms with Crippen LogP contribution in [0.25, 0.3) is 10.9 Å². The van der Waals surface area contributed by atoms with Crippen molar-refractivity contribution in [3.8, 4) is 0 Å². The van der Waals surface area contributed by atoms with E-state index in [9.17, 15) is 0 Å². The molecule has 3 heterocycles. The molecule has 5 nitrogen and oxygen atoms in total. The van der Waals surface area contributed by atoms with Gasteiger partial charge in [-0.25, -0.2) is 4.68 Å². The maximum atomic E-state index is 5.74. The number of para-hydroxylation sites is 1. The zero-order chi connectivity index (χ0) is 14.4. The molecular formula is C16H17N5. The number of anilines is 1. The summed E-state index contributed by atoms with van der Waals surface area (Å²) < 4.78 is 1.98. The fourth-order valence-corrected chi connectivity index (χ4v) is 3.41. The molecule has 2 aromatic heterocycles. The number of nitrogen functional groups attached to an aromatic ring is 1. The number of pyridine rings is 1. The van der Waals surface area contributed by atoms with Gasteiger partial charge in [0, 0.05) is 23.9 Å². The second kappa shape index (κ2) is 4.55. The molecule has 2 unspecified atom stereocenters. The highest BCUT2D eigenvalue weighted by Crippen LogP contribution is 2.39. The van der Waals surface area contributed by atoms with Crippen molar-refractivity contribution in [2.45, 2.75) is 31.7 Å². The van der Waals surface area contributed by atoms with Gasteiger partial charge < -0.3 is 5.73 Å². The van der Waals surface area contributed by atoms with Crippen molar-refractivity contribution in [2.24, 2.45) is 0 Å². The summed E-state index contributed by atoms with van der Waals surface area (Å²) in [4.78, 5) is 8.89. The maximum Gasteiger partial charge on any atom is 0.239 e. The molecule has 0 bridgehead atoms. The van der Waals surface area contributed by atoms with Gasteiger partial charge >= 0.3 is 0 Å². The minimum Gasteiger partial charge on any atom is -0.366 e. The van der Waals surface area contributed by atoms with E-state index >= 15 is 0 Å². The Morgan fingerprint density at radius 2 is 2.10 bits per heavy atom. The molecule has 21 heavy (non-hydrogen) atoms. The highest BCUT2D eigenvalue weighted by Gasteiger charge is 2.30. The smallest absolute Gasteiger partial charge is 0.239 e. The Morgan fingerprint density at radius 1 is 1.24 bits per heavy atom. The quantitative estimate of drug-likeness (QED) is 0.743. The predicted octanol–water partition coefficient (Wildman–Crippen LogP) is 2.70. The Labute approximate surface area is 122 Å². The van der Waals surface area contributed by atoms with Gasteiger partial charge in [0.15, 0.2) is 0 Å². The van der Waals surface area contributed by atoms with Crippen LogP contribution >= 0.6 is 0 Å². The van der Waals surface area contributed by atoms with Crippen LogP contribution in [0.15, 0.2) is 36.5 Å². The number of fused-ring (bicyclic) bond motifs is 2. The van der Waals surface area contributed by atoms with Gasteiger partial charge in [0.25, 0.3) is 0 Å². The normalized spacial score (nSPS) is 21.4. The van der Waals surface area contributed by atoms with Crippen LogP contribution in [0.3, 0.4) is 0 Å². The number of hydrogen-bond acceptors (Lipinski definition) is 4. The van der Waals surface area contributed by atoms with Crippen LogP contribution in [0.2, 0.25) is 0 Å². The van der Waals surface area contributed by atoms with Crippen molar-refractivity contribution in [1.82, 2.24) is 19.7 Å². The van der Waals surface area contributed by atoms with E-state index in [-0.39, 0.29) is 6.04 Å². The van der Waals surface area contributed by atoms with Gasteiger partial charge in [-0.05, 0) is 25.0 Å². The molecule has 0 saturated heterocycles. The summed E-state index contributed by atoms with van der Waals surface area (Å²) in [6.45, 7) is 2.18. The van der Waals surface area contributed by atoms with Gasteiger partial charge in [0.1, 0.15) is 5.82 Å². The molecular weight excluding hydrogens is 262 g/mol. The van der Waals surface area contributed by atoms with Gasteiger partial charge in [-0.15, -0.1) is 5.10 Å². The Morgan fingerprint density at radius 3 is 3.00 bits per heavy atom. The lowest BCUT2D eigenvalue weighted by molar-refractivity contribution is 0.340. The van der Waals surface area contributed by atoms with Crippen molar-refractivity contribution in [1.29, 1.82) is 0 Å². The van der Waals surface area contributed by atoms with Gasteiger partial charge in [-0.1, -0.05) is 24.3 Å². The van der Waals surface area contributed by atoms with E-state index < -0.39 is 0 Å². The second-order valence-corrected chi connectivity index (χ2v) is 5.64. The third kappa shape index (κ3) is 1.88. The largest absolute Gasteiger partial charge is 0.366 e. The molecule has 0 fully saturated rings. The van der Waals surface area contributed by atoms with E-state index in [1.54, 1.807) is 0 Å². The molecule has 1 aliphatic heterocycles. The van der Waals surface area contributed by atoms with Crippen molar-refractivity contribution >= 4 is 16.9 Å². The zero-order valence-electron chi connectivity index (χ0n) is 11.9. The number of benzene rings is 1. The van der Waals surface area contributed by atoms with Crippen molar-refractivity contribution in [3.63, 3.8) is 0 Å². The molecule has 2 N–H and O–H groups in total. The van der Waals surface area contributed by atoms with Crippen molar-refractivity contribution in [3.05, 3.63) is 47.9 Å². The number of aromatic nitrogens is 4. The van der Waals surface area contributed by atoms with Crippen molar-refractivity contribution in [2.75, 3.05) is 5.73 Å². The Bertz CT molecular complexity index is 802. The van der Waals surface area contributed by atoms with E-state index in [0.29, 0.717) is 11.9 Å². The number of rotatable bonds is 1. The lowest BCUT2D eigenvalue weighted by atomic mass is 9.84. The fourth-order valence-electron chi connectivity index (χ4n) is 3.41. The summed E-state index contributed by atoms with van der Waals surface area (Å²) in [7, 11) is 0. The van der Waals surface area contributed by atoms with Crippen LogP contribution in [-0.4, -0.2) is 19.7 Å². The van der Waals surface area contributed by atoms with Gasteiger partial charge in [0.05, 0.1) is 11.6 Å². The average Bonchev–Trinajstić information content (AvgIpc) is 2.89. The third-order valence-electron chi connectivity index (χ3n) is 4.43. The summed E-state index contributed by atoms with van der Waals surface area (Å²) in [5.41, 5.74) is 8.12. The standard InChI is InChI=1S/C16H17N5/c1-10-12(7-8-14-19-16(17)20-21(10)14)13-6-2-4-11-5-3-9-18-15(11)13/h2-6,9-10,12H,7-8H2,1H3,(H2,17,20). The first-order valence-corrected chi connectivity index (χ1v) is 7.28. The molecule has 0 spiro atoms. The minimum atomic E-state index is 0.242.